The lowest BCUT2D eigenvalue weighted by Gasteiger charge is -2.36. The van der Waals surface area contributed by atoms with Crippen LogP contribution in [-0.4, -0.2) is 49.6 Å². The van der Waals surface area contributed by atoms with E-state index in [4.69, 9.17) is 28.4 Å². The summed E-state index contributed by atoms with van der Waals surface area (Å²) in [4.78, 5) is 0. The van der Waals surface area contributed by atoms with Crippen LogP contribution in [0.25, 0.3) is 0 Å². The van der Waals surface area contributed by atoms with Gasteiger partial charge in [0, 0.05) is 7.11 Å². The Hall–Kier alpha value is -0.240. The number of fused-ring (bicyclic) bond motifs is 3. The molecule has 18 heavy (non-hydrogen) atoms. The van der Waals surface area contributed by atoms with Crippen molar-refractivity contribution in [1.29, 1.82) is 0 Å². The van der Waals surface area contributed by atoms with Crippen molar-refractivity contribution in [3.63, 3.8) is 0 Å². The SMILES string of the molecule is CO[C@H]1O[C@@H]2OC(C)(C)O[C@@H]2[C@H]2OC(C)(C)O[C@@H]12. The third kappa shape index (κ3) is 1.97. The summed E-state index contributed by atoms with van der Waals surface area (Å²) in [5, 5.41) is 0. The quantitative estimate of drug-likeness (QED) is 0.700. The fourth-order valence-corrected chi connectivity index (χ4v) is 2.77. The predicted molar refractivity (Wildman–Crippen MR) is 59.5 cm³/mol. The Morgan fingerprint density at radius 3 is 2.00 bits per heavy atom. The number of hydrogen-bond acceptors (Lipinski definition) is 6. The van der Waals surface area contributed by atoms with E-state index in [2.05, 4.69) is 0 Å². The zero-order valence-corrected chi connectivity index (χ0v) is 11.3. The normalized spacial score (nSPS) is 48.8. The van der Waals surface area contributed by atoms with Crippen molar-refractivity contribution >= 4 is 0 Å². The molecule has 0 radical (unpaired) electrons. The van der Waals surface area contributed by atoms with Crippen molar-refractivity contribution in [3.05, 3.63) is 0 Å². The first-order chi connectivity index (χ1) is 8.31. The van der Waals surface area contributed by atoms with Gasteiger partial charge in [-0.15, -0.1) is 0 Å². The average Bonchev–Trinajstić information content (AvgIpc) is 2.71. The van der Waals surface area contributed by atoms with Gasteiger partial charge in [0.15, 0.2) is 24.2 Å². The van der Waals surface area contributed by atoms with Gasteiger partial charge in [0.25, 0.3) is 0 Å². The molecule has 0 N–H and O–H groups in total. The molecule has 0 aromatic heterocycles. The highest BCUT2D eigenvalue weighted by Gasteiger charge is 2.60. The van der Waals surface area contributed by atoms with Crippen LogP contribution in [0, 0.1) is 0 Å². The Morgan fingerprint density at radius 1 is 0.778 bits per heavy atom. The predicted octanol–water partition coefficient (Wildman–Crippen LogP) is 0.987. The fourth-order valence-electron chi connectivity index (χ4n) is 2.77. The number of rotatable bonds is 1. The summed E-state index contributed by atoms with van der Waals surface area (Å²) in [5.41, 5.74) is 0. The third-order valence-corrected chi connectivity index (χ3v) is 3.34. The molecule has 5 atom stereocenters. The van der Waals surface area contributed by atoms with Gasteiger partial charge in [-0.05, 0) is 27.7 Å². The Morgan fingerprint density at radius 2 is 1.33 bits per heavy atom. The fraction of sp³-hybridized carbons (Fsp3) is 1.00. The molecule has 3 heterocycles. The molecule has 3 aliphatic rings. The van der Waals surface area contributed by atoms with Crippen molar-refractivity contribution in [1.82, 2.24) is 0 Å². The van der Waals surface area contributed by atoms with Crippen LogP contribution < -0.4 is 0 Å². The zero-order valence-electron chi connectivity index (χ0n) is 11.3. The minimum Gasteiger partial charge on any atom is -0.353 e. The van der Waals surface area contributed by atoms with Crippen LogP contribution in [0.4, 0.5) is 0 Å². The molecule has 0 unspecified atom stereocenters. The van der Waals surface area contributed by atoms with Crippen molar-refractivity contribution in [2.75, 3.05) is 7.11 Å². The molecule has 3 fully saturated rings. The summed E-state index contributed by atoms with van der Waals surface area (Å²) in [7, 11) is 1.58. The molecule has 3 aliphatic heterocycles. The second kappa shape index (κ2) is 3.88. The molecular weight excluding hydrogens is 240 g/mol. The van der Waals surface area contributed by atoms with Crippen LogP contribution >= 0.6 is 0 Å². The minimum absolute atomic E-state index is 0.245. The first kappa shape index (κ1) is 12.8. The molecule has 0 aromatic rings. The molecule has 0 bridgehead atoms. The maximum absolute atomic E-state index is 5.90. The van der Waals surface area contributed by atoms with E-state index < -0.39 is 24.2 Å². The van der Waals surface area contributed by atoms with Gasteiger partial charge in [-0.25, -0.2) is 0 Å². The van der Waals surface area contributed by atoms with Gasteiger partial charge in [-0.2, -0.15) is 0 Å². The molecule has 0 amide bonds. The molecule has 6 heteroatoms. The van der Waals surface area contributed by atoms with E-state index in [0.717, 1.165) is 0 Å². The summed E-state index contributed by atoms with van der Waals surface area (Å²) in [5.74, 6) is -1.35. The van der Waals surface area contributed by atoms with E-state index in [9.17, 15) is 0 Å². The van der Waals surface area contributed by atoms with Crippen LogP contribution in [-0.2, 0) is 28.4 Å². The van der Waals surface area contributed by atoms with Gasteiger partial charge in [-0.1, -0.05) is 0 Å². The summed E-state index contributed by atoms with van der Waals surface area (Å²) < 4.78 is 34.3. The number of hydrogen-bond donors (Lipinski definition) is 0. The molecule has 3 rings (SSSR count). The van der Waals surface area contributed by atoms with Crippen molar-refractivity contribution in [2.45, 2.75) is 70.2 Å². The van der Waals surface area contributed by atoms with Gasteiger partial charge in [0.05, 0.1) is 0 Å². The van der Waals surface area contributed by atoms with Crippen molar-refractivity contribution in [2.24, 2.45) is 0 Å². The van der Waals surface area contributed by atoms with E-state index in [-0.39, 0.29) is 18.3 Å². The highest BCUT2D eigenvalue weighted by atomic mass is 16.9. The van der Waals surface area contributed by atoms with Gasteiger partial charge < -0.3 is 28.4 Å². The van der Waals surface area contributed by atoms with E-state index in [1.807, 2.05) is 27.7 Å². The van der Waals surface area contributed by atoms with Gasteiger partial charge in [0.1, 0.15) is 18.3 Å². The van der Waals surface area contributed by atoms with E-state index >= 15 is 0 Å². The van der Waals surface area contributed by atoms with Crippen LogP contribution in [0.3, 0.4) is 0 Å². The topological polar surface area (TPSA) is 55.4 Å². The molecule has 0 aromatic carbocycles. The molecule has 0 aliphatic carbocycles. The molecule has 3 saturated heterocycles. The van der Waals surface area contributed by atoms with E-state index in [1.54, 1.807) is 7.11 Å². The maximum atomic E-state index is 5.90. The largest absolute Gasteiger partial charge is 0.353 e. The van der Waals surface area contributed by atoms with Gasteiger partial charge >= 0.3 is 0 Å². The summed E-state index contributed by atoms with van der Waals surface area (Å²) in [6, 6.07) is 0. The molecule has 104 valence electrons. The summed E-state index contributed by atoms with van der Waals surface area (Å²) >= 11 is 0. The van der Waals surface area contributed by atoms with Crippen LogP contribution in [0.5, 0.6) is 0 Å². The maximum Gasteiger partial charge on any atom is 0.192 e. The smallest absolute Gasteiger partial charge is 0.192 e. The standard InChI is InChI=1S/C12H20O6/c1-11(2)15-6-7(16-11)9(13-5)14-10-8(6)17-12(3,4)18-10/h6-10H,1-5H3/t6-,7+,8+,9-,10+/m0/s1. The van der Waals surface area contributed by atoms with Gasteiger partial charge in [0.2, 0.25) is 0 Å². The lowest BCUT2D eigenvalue weighted by Crippen LogP contribution is -2.55. The number of methoxy groups -OCH3 is 1. The first-order valence-electron chi connectivity index (χ1n) is 6.21. The Balaban J connectivity index is 1.86. The number of ether oxygens (including phenoxy) is 6. The highest BCUT2D eigenvalue weighted by molar-refractivity contribution is 4.97. The molecular formula is C12H20O6. The Labute approximate surface area is 106 Å². The lowest BCUT2D eigenvalue weighted by atomic mass is 10.0. The first-order valence-corrected chi connectivity index (χ1v) is 6.21. The van der Waals surface area contributed by atoms with Crippen molar-refractivity contribution < 1.29 is 28.4 Å². The van der Waals surface area contributed by atoms with Crippen molar-refractivity contribution in [3.8, 4) is 0 Å². The van der Waals surface area contributed by atoms with E-state index in [1.165, 1.54) is 0 Å². The monoisotopic (exact) mass is 260 g/mol. The summed E-state index contributed by atoms with van der Waals surface area (Å²) in [6.45, 7) is 7.45. The van der Waals surface area contributed by atoms with Gasteiger partial charge in [-0.3, -0.25) is 0 Å². The molecule has 0 spiro atoms. The van der Waals surface area contributed by atoms with Crippen LogP contribution in [0.1, 0.15) is 27.7 Å². The van der Waals surface area contributed by atoms with Crippen LogP contribution in [0.15, 0.2) is 0 Å². The minimum atomic E-state index is -0.682. The highest BCUT2D eigenvalue weighted by Crippen LogP contribution is 2.44. The second-order valence-electron chi connectivity index (χ2n) is 5.77. The Bertz CT molecular complexity index is 341. The van der Waals surface area contributed by atoms with Crippen LogP contribution in [0.2, 0.25) is 0 Å². The summed E-state index contributed by atoms with van der Waals surface area (Å²) in [6.07, 6.45) is -1.83. The zero-order chi connectivity index (χ0) is 13.1. The molecule has 6 nitrogen and oxygen atoms in total. The second-order valence-corrected chi connectivity index (χ2v) is 5.77. The van der Waals surface area contributed by atoms with E-state index in [0.29, 0.717) is 0 Å². The lowest BCUT2D eigenvalue weighted by molar-refractivity contribution is -0.297. The third-order valence-electron chi connectivity index (χ3n) is 3.34. The molecule has 0 saturated carbocycles. The average molecular weight is 260 g/mol. The Kier molecular flexibility index (Phi) is 2.75.